The quantitative estimate of drug-likeness (QED) is 0.605. The fraction of sp³-hybridized carbons (Fsp3) is 0.348. The lowest BCUT2D eigenvalue weighted by atomic mass is 9.99. The molecule has 2 fully saturated rings. The highest BCUT2D eigenvalue weighted by Gasteiger charge is 2.55. The molecule has 7 heteroatoms. The zero-order valence-corrected chi connectivity index (χ0v) is 16.8. The summed E-state index contributed by atoms with van der Waals surface area (Å²) >= 11 is 0. The molecule has 3 aromatic rings. The number of hydrogen-bond acceptors (Lipinski definition) is 6. The van der Waals surface area contributed by atoms with Crippen molar-refractivity contribution in [2.45, 2.75) is 25.2 Å². The van der Waals surface area contributed by atoms with Crippen LogP contribution in [0, 0.1) is 0 Å². The summed E-state index contributed by atoms with van der Waals surface area (Å²) in [7, 11) is 0. The van der Waals surface area contributed by atoms with Crippen molar-refractivity contribution in [3.05, 3.63) is 60.0 Å². The number of carbonyl (C=O) groups is 2. The van der Waals surface area contributed by atoms with Crippen LogP contribution in [-0.2, 0) is 10.2 Å². The number of Topliss-reactive ketones (excluding diaryl/α,β-unsaturated/α-hetero) is 1. The Morgan fingerprint density at radius 2 is 1.73 bits per heavy atom. The Bertz CT molecular complexity index is 1060. The maximum Gasteiger partial charge on any atom is 0.235 e. The molecule has 1 aliphatic carbocycles. The maximum atomic E-state index is 13.3. The van der Waals surface area contributed by atoms with Gasteiger partial charge in [-0.25, -0.2) is 0 Å². The molecule has 30 heavy (non-hydrogen) atoms. The van der Waals surface area contributed by atoms with Crippen LogP contribution in [0.15, 0.2) is 57.7 Å². The standard InChI is InChI=1S/C23H23N3O4/c1-16(27)17-4-6-18(7-5-17)25-10-12-26(13-11-25)22(28)23(8-9-23)21-15-20(30-24-21)19-3-2-14-29-19/h2-7,14-15H,8-13H2,1H3. The van der Waals surface area contributed by atoms with Crippen molar-refractivity contribution >= 4 is 17.4 Å². The summed E-state index contributed by atoms with van der Waals surface area (Å²) in [5.41, 5.74) is 1.93. The van der Waals surface area contributed by atoms with Gasteiger partial charge in [0.1, 0.15) is 0 Å². The van der Waals surface area contributed by atoms with Gasteiger partial charge in [-0.15, -0.1) is 0 Å². The van der Waals surface area contributed by atoms with Crippen LogP contribution < -0.4 is 4.90 Å². The summed E-state index contributed by atoms with van der Waals surface area (Å²) in [5, 5.41) is 4.19. The number of rotatable bonds is 5. The van der Waals surface area contributed by atoms with E-state index in [9.17, 15) is 9.59 Å². The number of ketones is 1. The van der Waals surface area contributed by atoms with Gasteiger partial charge in [-0.1, -0.05) is 5.16 Å². The largest absolute Gasteiger partial charge is 0.461 e. The summed E-state index contributed by atoms with van der Waals surface area (Å²) in [6.45, 7) is 4.42. The topological polar surface area (TPSA) is 79.8 Å². The molecule has 1 saturated heterocycles. The fourth-order valence-electron chi connectivity index (χ4n) is 4.12. The van der Waals surface area contributed by atoms with E-state index in [4.69, 9.17) is 8.94 Å². The summed E-state index contributed by atoms with van der Waals surface area (Å²) < 4.78 is 10.8. The Labute approximate surface area is 174 Å². The number of hydrogen-bond donors (Lipinski definition) is 0. The highest BCUT2D eigenvalue weighted by Crippen LogP contribution is 2.50. The minimum absolute atomic E-state index is 0.0646. The molecule has 1 aromatic carbocycles. The second-order valence-electron chi connectivity index (χ2n) is 8.02. The lowest BCUT2D eigenvalue weighted by Gasteiger charge is -2.37. The third-order valence-corrected chi connectivity index (χ3v) is 6.13. The Balaban J connectivity index is 1.25. The Kier molecular flexibility index (Phi) is 4.46. The summed E-state index contributed by atoms with van der Waals surface area (Å²) in [6.07, 6.45) is 3.17. The summed E-state index contributed by atoms with van der Waals surface area (Å²) in [5.74, 6) is 1.36. The molecule has 1 saturated carbocycles. The first-order valence-corrected chi connectivity index (χ1v) is 10.2. The van der Waals surface area contributed by atoms with E-state index < -0.39 is 5.41 Å². The van der Waals surface area contributed by atoms with Crippen molar-refractivity contribution in [3.63, 3.8) is 0 Å². The van der Waals surface area contributed by atoms with E-state index in [2.05, 4.69) is 10.1 Å². The Morgan fingerprint density at radius 1 is 1.00 bits per heavy atom. The molecule has 7 nitrogen and oxygen atoms in total. The van der Waals surface area contributed by atoms with E-state index in [1.165, 1.54) is 0 Å². The van der Waals surface area contributed by atoms with Crippen LogP contribution in [0.4, 0.5) is 5.69 Å². The smallest absolute Gasteiger partial charge is 0.235 e. The molecule has 0 unspecified atom stereocenters. The molecule has 1 amide bonds. The summed E-state index contributed by atoms with van der Waals surface area (Å²) in [6, 6.07) is 13.1. The number of amides is 1. The number of nitrogens with zero attached hydrogens (tertiary/aromatic N) is 3. The second kappa shape index (κ2) is 7.16. The van der Waals surface area contributed by atoms with Crippen molar-refractivity contribution in [1.29, 1.82) is 0 Å². The van der Waals surface area contributed by atoms with Crippen molar-refractivity contribution in [3.8, 4) is 11.5 Å². The highest BCUT2D eigenvalue weighted by molar-refractivity contribution is 5.94. The van der Waals surface area contributed by atoms with E-state index in [0.717, 1.165) is 31.6 Å². The van der Waals surface area contributed by atoms with Crippen LogP contribution in [0.25, 0.3) is 11.5 Å². The van der Waals surface area contributed by atoms with E-state index in [1.54, 1.807) is 19.3 Å². The number of carbonyl (C=O) groups excluding carboxylic acids is 2. The molecule has 5 rings (SSSR count). The van der Waals surface area contributed by atoms with Gasteiger partial charge in [0.15, 0.2) is 11.5 Å². The molecule has 3 heterocycles. The van der Waals surface area contributed by atoms with E-state index >= 15 is 0 Å². The average molecular weight is 405 g/mol. The molecule has 154 valence electrons. The van der Waals surface area contributed by atoms with E-state index in [0.29, 0.717) is 35.9 Å². The first-order valence-electron chi connectivity index (χ1n) is 10.2. The SMILES string of the molecule is CC(=O)c1ccc(N2CCN(C(=O)C3(c4cc(-c5ccco5)on4)CC3)CC2)cc1. The Hall–Kier alpha value is -3.35. The zero-order chi connectivity index (χ0) is 20.7. The van der Waals surface area contributed by atoms with Crippen molar-refractivity contribution < 1.29 is 18.5 Å². The monoisotopic (exact) mass is 405 g/mol. The van der Waals surface area contributed by atoms with E-state index in [-0.39, 0.29) is 11.7 Å². The van der Waals surface area contributed by atoms with Gasteiger partial charge in [0.2, 0.25) is 11.7 Å². The molecule has 0 N–H and O–H groups in total. The van der Waals surface area contributed by atoms with Gasteiger partial charge in [-0.3, -0.25) is 9.59 Å². The molecule has 0 atom stereocenters. The van der Waals surface area contributed by atoms with Crippen molar-refractivity contribution in [2.75, 3.05) is 31.1 Å². The first-order chi connectivity index (χ1) is 14.6. The van der Waals surface area contributed by atoms with Crippen LogP contribution >= 0.6 is 0 Å². The number of furan rings is 1. The number of piperazine rings is 1. The van der Waals surface area contributed by atoms with E-state index in [1.807, 2.05) is 41.3 Å². The highest BCUT2D eigenvalue weighted by atomic mass is 16.5. The predicted octanol–water partition coefficient (Wildman–Crippen LogP) is 3.52. The van der Waals surface area contributed by atoms with Gasteiger partial charge in [-0.05, 0) is 56.2 Å². The average Bonchev–Trinajstić information content (AvgIpc) is 3.17. The van der Waals surface area contributed by atoms with Gasteiger partial charge in [0.05, 0.1) is 17.4 Å². The normalized spacial score (nSPS) is 17.8. The third kappa shape index (κ3) is 3.20. The minimum Gasteiger partial charge on any atom is -0.461 e. The molecule has 2 aliphatic rings. The predicted molar refractivity (Wildman–Crippen MR) is 110 cm³/mol. The number of aromatic nitrogens is 1. The maximum absolute atomic E-state index is 13.3. The first kappa shape index (κ1) is 18.7. The molecular formula is C23H23N3O4. The van der Waals surface area contributed by atoms with Crippen LogP contribution in [0.5, 0.6) is 0 Å². The van der Waals surface area contributed by atoms with Crippen molar-refractivity contribution in [2.24, 2.45) is 0 Å². The van der Waals surface area contributed by atoms with Gasteiger partial charge in [0.25, 0.3) is 0 Å². The molecule has 0 radical (unpaired) electrons. The molecule has 1 aliphatic heterocycles. The van der Waals surface area contributed by atoms with Crippen LogP contribution in [0.2, 0.25) is 0 Å². The molecule has 0 bridgehead atoms. The Morgan fingerprint density at radius 3 is 2.33 bits per heavy atom. The van der Waals surface area contributed by atoms with Gasteiger partial charge >= 0.3 is 0 Å². The van der Waals surface area contributed by atoms with Crippen LogP contribution in [-0.4, -0.2) is 47.9 Å². The third-order valence-electron chi connectivity index (χ3n) is 6.13. The van der Waals surface area contributed by atoms with Crippen molar-refractivity contribution in [1.82, 2.24) is 10.1 Å². The molecule has 0 spiro atoms. The number of benzene rings is 1. The second-order valence-corrected chi connectivity index (χ2v) is 8.02. The minimum atomic E-state index is -0.556. The molecular weight excluding hydrogens is 382 g/mol. The number of anilines is 1. The zero-order valence-electron chi connectivity index (χ0n) is 16.8. The van der Waals surface area contributed by atoms with Crippen LogP contribution in [0.1, 0.15) is 35.8 Å². The summed E-state index contributed by atoms with van der Waals surface area (Å²) in [4.78, 5) is 29.0. The van der Waals surface area contributed by atoms with Gasteiger partial charge in [-0.2, -0.15) is 0 Å². The fourth-order valence-corrected chi connectivity index (χ4v) is 4.12. The molecule has 2 aromatic heterocycles. The van der Waals surface area contributed by atoms with Gasteiger partial charge < -0.3 is 18.7 Å². The lowest BCUT2D eigenvalue weighted by molar-refractivity contribution is -0.134. The van der Waals surface area contributed by atoms with Gasteiger partial charge in [0, 0.05) is 43.5 Å². The lowest BCUT2D eigenvalue weighted by Crippen LogP contribution is -2.51. The van der Waals surface area contributed by atoms with Crippen LogP contribution in [0.3, 0.4) is 0 Å².